The second-order valence-electron chi connectivity index (χ2n) is 6.35. The third-order valence-corrected chi connectivity index (χ3v) is 4.59. The number of rotatable bonds is 4. The normalized spacial score (nSPS) is 14.2. The van der Waals surface area contributed by atoms with Crippen LogP contribution in [0.15, 0.2) is 42.5 Å². The summed E-state index contributed by atoms with van der Waals surface area (Å²) in [4.78, 5) is 26.4. The summed E-state index contributed by atoms with van der Waals surface area (Å²) >= 11 is 0. The van der Waals surface area contributed by atoms with Crippen LogP contribution in [0.3, 0.4) is 0 Å². The zero-order chi connectivity index (χ0) is 17.8. The van der Waals surface area contributed by atoms with Gasteiger partial charge in [0.2, 0.25) is 0 Å². The average Bonchev–Trinajstić information content (AvgIpc) is 2.63. The van der Waals surface area contributed by atoms with Crippen LogP contribution in [0, 0.1) is 6.92 Å². The maximum Gasteiger partial charge on any atom is 0.337 e. The molecule has 0 bridgehead atoms. The van der Waals surface area contributed by atoms with Crippen LogP contribution in [-0.2, 0) is 0 Å². The molecular formula is C20H22N2O3. The molecule has 1 amide bonds. The topological polar surface area (TPSA) is 69.6 Å². The molecule has 2 aromatic carbocycles. The molecule has 2 N–H and O–H groups in total. The molecule has 5 nitrogen and oxygen atoms in total. The predicted octanol–water partition coefficient (Wildman–Crippen LogP) is 3.94. The van der Waals surface area contributed by atoms with Crippen molar-refractivity contribution in [2.75, 3.05) is 23.3 Å². The van der Waals surface area contributed by atoms with E-state index in [4.69, 9.17) is 0 Å². The van der Waals surface area contributed by atoms with Crippen LogP contribution in [0.4, 0.5) is 11.4 Å². The Labute approximate surface area is 147 Å². The Morgan fingerprint density at radius 3 is 2.40 bits per heavy atom. The van der Waals surface area contributed by atoms with E-state index in [0.29, 0.717) is 11.3 Å². The number of nitrogens with zero attached hydrogens (tertiary/aromatic N) is 1. The molecule has 130 valence electrons. The summed E-state index contributed by atoms with van der Waals surface area (Å²) in [5.41, 5.74) is 2.72. The van der Waals surface area contributed by atoms with Gasteiger partial charge in [-0.3, -0.25) is 4.79 Å². The molecule has 0 unspecified atom stereocenters. The lowest BCUT2D eigenvalue weighted by Gasteiger charge is -2.29. The van der Waals surface area contributed by atoms with E-state index < -0.39 is 5.97 Å². The highest BCUT2D eigenvalue weighted by Crippen LogP contribution is 2.26. The Bertz CT molecular complexity index is 795. The number of piperidine rings is 1. The monoisotopic (exact) mass is 338 g/mol. The minimum Gasteiger partial charge on any atom is -0.478 e. The van der Waals surface area contributed by atoms with Crippen LogP contribution >= 0.6 is 0 Å². The Hall–Kier alpha value is -2.82. The van der Waals surface area contributed by atoms with Crippen LogP contribution in [-0.4, -0.2) is 30.1 Å². The van der Waals surface area contributed by atoms with Crippen LogP contribution in [0.5, 0.6) is 0 Å². The number of carboxylic acids is 1. The molecule has 1 saturated heterocycles. The zero-order valence-corrected chi connectivity index (χ0v) is 14.3. The third kappa shape index (κ3) is 3.82. The van der Waals surface area contributed by atoms with E-state index in [1.807, 2.05) is 25.1 Å². The van der Waals surface area contributed by atoms with E-state index in [2.05, 4.69) is 10.2 Å². The fraction of sp³-hybridized carbons (Fsp3) is 0.300. The second-order valence-corrected chi connectivity index (χ2v) is 6.35. The maximum atomic E-state index is 12.5. The summed E-state index contributed by atoms with van der Waals surface area (Å²) < 4.78 is 0. The number of benzene rings is 2. The lowest BCUT2D eigenvalue weighted by Crippen LogP contribution is -2.29. The third-order valence-electron chi connectivity index (χ3n) is 4.59. The Morgan fingerprint density at radius 1 is 1.00 bits per heavy atom. The molecule has 1 aliphatic rings. The molecule has 0 saturated carbocycles. The van der Waals surface area contributed by atoms with Gasteiger partial charge in [0.25, 0.3) is 5.91 Å². The van der Waals surface area contributed by atoms with E-state index in [-0.39, 0.29) is 11.5 Å². The minimum absolute atomic E-state index is 0.116. The average molecular weight is 338 g/mol. The van der Waals surface area contributed by atoms with Gasteiger partial charge in [-0.05, 0) is 56.0 Å². The van der Waals surface area contributed by atoms with Crippen molar-refractivity contribution in [1.29, 1.82) is 0 Å². The van der Waals surface area contributed by atoms with Crippen LogP contribution in [0.25, 0.3) is 0 Å². The van der Waals surface area contributed by atoms with Gasteiger partial charge in [0.15, 0.2) is 0 Å². The highest BCUT2D eigenvalue weighted by molar-refractivity contribution is 6.08. The smallest absolute Gasteiger partial charge is 0.337 e. The first-order chi connectivity index (χ1) is 12.1. The first-order valence-electron chi connectivity index (χ1n) is 8.55. The van der Waals surface area contributed by atoms with Gasteiger partial charge in [-0.2, -0.15) is 0 Å². The standard InChI is InChI=1S/C20H22N2O3/c1-14-7-3-4-8-16(14)19(23)21-18-10-9-15(13-17(18)20(24)25)22-11-5-2-6-12-22/h3-4,7-10,13H,2,5-6,11-12H2,1H3,(H,21,23)(H,24,25). The van der Waals surface area contributed by atoms with Gasteiger partial charge in [0.1, 0.15) is 0 Å². The van der Waals surface area contributed by atoms with E-state index in [9.17, 15) is 14.7 Å². The van der Waals surface area contributed by atoms with Crippen molar-refractivity contribution in [3.8, 4) is 0 Å². The molecule has 1 fully saturated rings. The summed E-state index contributed by atoms with van der Waals surface area (Å²) in [6.45, 7) is 3.73. The number of anilines is 2. The second kappa shape index (κ2) is 7.38. The van der Waals surface area contributed by atoms with E-state index in [0.717, 1.165) is 37.2 Å². The fourth-order valence-corrected chi connectivity index (χ4v) is 3.18. The number of aromatic carboxylic acids is 1. The fourth-order valence-electron chi connectivity index (χ4n) is 3.18. The van der Waals surface area contributed by atoms with Crippen molar-refractivity contribution in [3.05, 3.63) is 59.2 Å². The number of hydrogen-bond acceptors (Lipinski definition) is 3. The molecule has 0 aromatic heterocycles. The van der Waals surface area contributed by atoms with E-state index in [1.165, 1.54) is 6.42 Å². The van der Waals surface area contributed by atoms with Crippen molar-refractivity contribution >= 4 is 23.3 Å². The Kier molecular flexibility index (Phi) is 5.03. The molecule has 1 aliphatic heterocycles. The molecule has 2 aromatic rings. The molecule has 25 heavy (non-hydrogen) atoms. The molecule has 0 spiro atoms. The first-order valence-corrected chi connectivity index (χ1v) is 8.55. The summed E-state index contributed by atoms with van der Waals surface area (Å²) in [6, 6.07) is 12.5. The molecule has 1 heterocycles. The quantitative estimate of drug-likeness (QED) is 0.886. The Balaban J connectivity index is 1.87. The number of carboxylic acid groups (broad SMARTS) is 1. The molecule has 0 atom stereocenters. The maximum absolute atomic E-state index is 12.5. The van der Waals surface area contributed by atoms with Crippen molar-refractivity contribution in [1.82, 2.24) is 0 Å². The first kappa shape index (κ1) is 17.0. The molecule has 0 aliphatic carbocycles. The molecule has 5 heteroatoms. The minimum atomic E-state index is -1.04. The molecule has 0 radical (unpaired) electrons. The SMILES string of the molecule is Cc1ccccc1C(=O)Nc1ccc(N2CCCCC2)cc1C(=O)O. The number of hydrogen-bond donors (Lipinski definition) is 2. The van der Waals surface area contributed by atoms with Gasteiger partial charge in [-0.25, -0.2) is 4.79 Å². The largest absolute Gasteiger partial charge is 0.478 e. The zero-order valence-electron chi connectivity index (χ0n) is 14.3. The highest BCUT2D eigenvalue weighted by atomic mass is 16.4. The van der Waals surface area contributed by atoms with Crippen LogP contribution in [0.1, 0.15) is 45.5 Å². The van der Waals surface area contributed by atoms with E-state index in [1.54, 1.807) is 24.3 Å². The lowest BCUT2D eigenvalue weighted by molar-refractivity contribution is 0.0698. The van der Waals surface area contributed by atoms with Crippen molar-refractivity contribution in [3.63, 3.8) is 0 Å². The van der Waals surface area contributed by atoms with Gasteiger partial charge in [0.05, 0.1) is 11.3 Å². The number of nitrogens with one attached hydrogen (secondary N) is 1. The van der Waals surface area contributed by atoms with Gasteiger partial charge in [-0.15, -0.1) is 0 Å². The van der Waals surface area contributed by atoms with E-state index >= 15 is 0 Å². The molecular weight excluding hydrogens is 316 g/mol. The summed E-state index contributed by atoms with van der Waals surface area (Å²) in [7, 11) is 0. The summed E-state index contributed by atoms with van der Waals surface area (Å²) in [5, 5.41) is 12.3. The highest BCUT2D eigenvalue weighted by Gasteiger charge is 2.18. The van der Waals surface area contributed by atoms with Crippen LogP contribution < -0.4 is 10.2 Å². The molecule has 3 rings (SSSR count). The van der Waals surface area contributed by atoms with Gasteiger partial charge in [0, 0.05) is 24.3 Å². The number of amides is 1. The number of carbonyl (C=O) groups excluding carboxylic acids is 1. The van der Waals surface area contributed by atoms with Crippen LogP contribution in [0.2, 0.25) is 0 Å². The van der Waals surface area contributed by atoms with Crippen molar-refractivity contribution < 1.29 is 14.7 Å². The number of carbonyl (C=O) groups is 2. The van der Waals surface area contributed by atoms with Gasteiger partial charge >= 0.3 is 5.97 Å². The lowest BCUT2D eigenvalue weighted by atomic mass is 10.1. The van der Waals surface area contributed by atoms with Gasteiger partial charge in [-0.1, -0.05) is 18.2 Å². The summed E-state index contributed by atoms with van der Waals surface area (Å²) in [6.07, 6.45) is 3.45. The number of aryl methyl sites for hydroxylation is 1. The van der Waals surface area contributed by atoms with Crippen molar-refractivity contribution in [2.45, 2.75) is 26.2 Å². The predicted molar refractivity (Wildman–Crippen MR) is 98.6 cm³/mol. The van der Waals surface area contributed by atoms with Gasteiger partial charge < -0.3 is 15.3 Å². The summed E-state index contributed by atoms with van der Waals surface area (Å²) in [5.74, 6) is -1.34. The Morgan fingerprint density at radius 2 is 1.72 bits per heavy atom. The van der Waals surface area contributed by atoms with Crippen molar-refractivity contribution in [2.24, 2.45) is 0 Å².